The van der Waals surface area contributed by atoms with E-state index in [-0.39, 0.29) is 24.2 Å². The van der Waals surface area contributed by atoms with Crippen molar-refractivity contribution in [1.29, 1.82) is 0 Å². The molecule has 1 unspecified atom stereocenters. The molecule has 1 saturated heterocycles. The molecule has 0 saturated carbocycles. The molecule has 1 heterocycles. The first-order valence-corrected chi connectivity index (χ1v) is 6.48. The predicted octanol–water partition coefficient (Wildman–Crippen LogP) is 1.35. The monoisotopic (exact) mass is 274 g/mol. The molecule has 1 aliphatic rings. The first kappa shape index (κ1) is 14.1. The van der Waals surface area contributed by atoms with Gasteiger partial charge in [0, 0.05) is 31.3 Å². The second-order valence-corrected chi connectivity index (χ2v) is 4.64. The van der Waals surface area contributed by atoms with E-state index in [0.29, 0.717) is 18.8 Å². The van der Waals surface area contributed by atoms with Gasteiger partial charge in [-0.05, 0) is 12.1 Å². The summed E-state index contributed by atoms with van der Waals surface area (Å²) in [6, 6.07) is 7.28. The van der Waals surface area contributed by atoms with E-state index in [4.69, 9.17) is 4.74 Å². The Morgan fingerprint density at radius 2 is 2.40 bits per heavy atom. The number of nitrogens with one attached hydrogen (secondary N) is 1. The Labute approximate surface area is 118 Å². The van der Waals surface area contributed by atoms with Crippen LogP contribution in [0.2, 0.25) is 0 Å². The van der Waals surface area contributed by atoms with Gasteiger partial charge in [0.1, 0.15) is 5.75 Å². The number of nitrogens with zero attached hydrogens (tertiary/aromatic N) is 1. The Morgan fingerprint density at radius 3 is 3.10 bits per heavy atom. The maximum absolute atomic E-state index is 12.0. The molecule has 1 aliphatic heterocycles. The first-order valence-electron chi connectivity index (χ1n) is 6.48. The van der Waals surface area contributed by atoms with Crippen LogP contribution in [0.25, 0.3) is 0 Å². The van der Waals surface area contributed by atoms with Gasteiger partial charge in [-0.25, -0.2) is 0 Å². The number of benzene rings is 1. The Bertz CT molecular complexity index is 528. The fraction of sp³-hybridized carbons (Fsp3) is 0.333. The van der Waals surface area contributed by atoms with Crippen molar-refractivity contribution in [2.24, 2.45) is 5.92 Å². The van der Waals surface area contributed by atoms with Crippen LogP contribution in [-0.2, 0) is 9.59 Å². The van der Waals surface area contributed by atoms with E-state index < -0.39 is 0 Å². The van der Waals surface area contributed by atoms with Crippen molar-refractivity contribution in [3.05, 3.63) is 36.9 Å². The molecule has 0 radical (unpaired) electrons. The molecule has 106 valence electrons. The Kier molecular flexibility index (Phi) is 4.40. The maximum Gasteiger partial charge on any atom is 0.227 e. The van der Waals surface area contributed by atoms with Gasteiger partial charge in [-0.1, -0.05) is 12.1 Å². The lowest BCUT2D eigenvalue weighted by molar-refractivity contribution is -0.126. The molecule has 1 fully saturated rings. The summed E-state index contributed by atoms with van der Waals surface area (Å²) in [6.07, 6.45) is 1.86. The van der Waals surface area contributed by atoms with Gasteiger partial charge >= 0.3 is 0 Å². The second-order valence-electron chi connectivity index (χ2n) is 4.64. The quantitative estimate of drug-likeness (QED) is 0.825. The fourth-order valence-corrected chi connectivity index (χ4v) is 2.23. The van der Waals surface area contributed by atoms with Gasteiger partial charge in [0.05, 0.1) is 13.0 Å². The van der Waals surface area contributed by atoms with E-state index in [1.54, 1.807) is 24.2 Å². The molecule has 2 rings (SSSR count). The third-order valence-electron chi connectivity index (χ3n) is 3.28. The molecule has 2 amide bonds. The van der Waals surface area contributed by atoms with Gasteiger partial charge in [0.25, 0.3) is 0 Å². The third-order valence-corrected chi connectivity index (χ3v) is 3.28. The Morgan fingerprint density at radius 1 is 1.60 bits per heavy atom. The van der Waals surface area contributed by atoms with Gasteiger partial charge in [0.2, 0.25) is 11.8 Å². The first-order chi connectivity index (χ1) is 9.65. The molecule has 1 aromatic rings. The number of rotatable bonds is 5. The standard InChI is InChI=1S/C15H18N2O3/c1-3-7-16-15(19)11-8-14(18)17(10-11)12-5-4-6-13(9-12)20-2/h3-6,9,11H,1,7-8,10H2,2H3,(H,16,19). The summed E-state index contributed by atoms with van der Waals surface area (Å²) in [5.41, 5.74) is 0.758. The van der Waals surface area contributed by atoms with E-state index in [1.165, 1.54) is 0 Å². The van der Waals surface area contributed by atoms with Gasteiger partial charge < -0.3 is 15.0 Å². The van der Waals surface area contributed by atoms with Gasteiger partial charge in [0.15, 0.2) is 0 Å². The van der Waals surface area contributed by atoms with E-state index >= 15 is 0 Å². The summed E-state index contributed by atoms with van der Waals surface area (Å²) < 4.78 is 5.15. The molecule has 5 nitrogen and oxygen atoms in total. The summed E-state index contributed by atoms with van der Waals surface area (Å²) in [5.74, 6) is 0.226. The number of anilines is 1. The minimum Gasteiger partial charge on any atom is -0.497 e. The number of amides is 2. The predicted molar refractivity (Wildman–Crippen MR) is 76.7 cm³/mol. The minimum absolute atomic E-state index is 0.0444. The molecule has 1 N–H and O–H groups in total. The topological polar surface area (TPSA) is 58.6 Å². The van der Waals surface area contributed by atoms with Crippen LogP contribution in [0.3, 0.4) is 0 Å². The van der Waals surface area contributed by atoms with E-state index in [2.05, 4.69) is 11.9 Å². The van der Waals surface area contributed by atoms with E-state index in [1.807, 2.05) is 18.2 Å². The normalized spacial score (nSPS) is 17.9. The lowest BCUT2D eigenvalue weighted by Crippen LogP contribution is -2.32. The highest BCUT2D eigenvalue weighted by atomic mass is 16.5. The fourth-order valence-electron chi connectivity index (χ4n) is 2.23. The van der Waals surface area contributed by atoms with Crippen LogP contribution in [0.4, 0.5) is 5.69 Å². The molecule has 1 aromatic carbocycles. The molecular formula is C15H18N2O3. The highest BCUT2D eigenvalue weighted by molar-refractivity contribution is 6.00. The zero-order chi connectivity index (χ0) is 14.5. The summed E-state index contributed by atoms with van der Waals surface area (Å²) in [7, 11) is 1.58. The van der Waals surface area contributed by atoms with Crippen molar-refractivity contribution in [2.45, 2.75) is 6.42 Å². The summed E-state index contributed by atoms with van der Waals surface area (Å²) in [4.78, 5) is 25.6. The largest absolute Gasteiger partial charge is 0.497 e. The van der Waals surface area contributed by atoms with Crippen molar-refractivity contribution in [3.63, 3.8) is 0 Å². The molecule has 1 atom stereocenters. The summed E-state index contributed by atoms with van der Waals surface area (Å²) >= 11 is 0. The number of hydrogen-bond acceptors (Lipinski definition) is 3. The Hall–Kier alpha value is -2.30. The van der Waals surface area contributed by atoms with Crippen LogP contribution in [0, 0.1) is 5.92 Å². The lowest BCUT2D eigenvalue weighted by Gasteiger charge is -2.17. The average Bonchev–Trinajstić information content (AvgIpc) is 2.87. The molecular weight excluding hydrogens is 256 g/mol. The average molecular weight is 274 g/mol. The molecule has 0 aromatic heterocycles. The zero-order valence-corrected chi connectivity index (χ0v) is 11.5. The van der Waals surface area contributed by atoms with Crippen molar-refractivity contribution in [2.75, 3.05) is 25.1 Å². The van der Waals surface area contributed by atoms with E-state index in [9.17, 15) is 9.59 Å². The number of ether oxygens (including phenoxy) is 1. The molecule has 20 heavy (non-hydrogen) atoms. The van der Waals surface area contributed by atoms with E-state index in [0.717, 1.165) is 5.69 Å². The number of carbonyl (C=O) groups excluding carboxylic acids is 2. The van der Waals surface area contributed by atoms with Crippen molar-refractivity contribution >= 4 is 17.5 Å². The van der Waals surface area contributed by atoms with Crippen molar-refractivity contribution in [1.82, 2.24) is 5.32 Å². The highest BCUT2D eigenvalue weighted by Gasteiger charge is 2.34. The van der Waals surface area contributed by atoms with Crippen molar-refractivity contribution < 1.29 is 14.3 Å². The van der Waals surface area contributed by atoms with Crippen LogP contribution >= 0.6 is 0 Å². The summed E-state index contributed by atoms with van der Waals surface area (Å²) in [6.45, 7) is 4.37. The minimum atomic E-state index is -0.311. The van der Waals surface area contributed by atoms with Crippen LogP contribution in [-0.4, -0.2) is 32.0 Å². The smallest absolute Gasteiger partial charge is 0.227 e. The SMILES string of the molecule is C=CCNC(=O)C1CC(=O)N(c2cccc(OC)c2)C1. The van der Waals surface area contributed by atoms with Crippen molar-refractivity contribution in [3.8, 4) is 5.75 Å². The number of carbonyl (C=O) groups is 2. The highest BCUT2D eigenvalue weighted by Crippen LogP contribution is 2.27. The molecule has 5 heteroatoms. The Balaban J connectivity index is 2.08. The molecule has 0 spiro atoms. The van der Waals surface area contributed by atoms with Crippen LogP contribution in [0.15, 0.2) is 36.9 Å². The van der Waals surface area contributed by atoms with Gasteiger partial charge in [-0.3, -0.25) is 9.59 Å². The molecule has 0 aliphatic carbocycles. The maximum atomic E-state index is 12.0. The van der Waals surface area contributed by atoms with Crippen LogP contribution in [0.5, 0.6) is 5.75 Å². The third kappa shape index (κ3) is 2.99. The zero-order valence-electron chi connectivity index (χ0n) is 11.5. The van der Waals surface area contributed by atoms with Gasteiger partial charge in [-0.2, -0.15) is 0 Å². The van der Waals surface area contributed by atoms with Crippen LogP contribution in [0.1, 0.15) is 6.42 Å². The lowest BCUT2D eigenvalue weighted by atomic mass is 10.1. The molecule has 0 bridgehead atoms. The van der Waals surface area contributed by atoms with Crippen LogP contribution < -0.4 is 15.0 Å². The number of methoxy groups -OCH3 is 1. The summed E-state index contributed by atoms with van der Waals surface area (Å²) in [5, 5.41) is 2.73. The van der Waals surface area contributed by atoms with Gasteiger partial charge in [-0.15, -0.1) is 6.58 Å². The number of hydrogen-bond donors (Lipinski definition) is 1. The second kappa shape index (κ2) is 6.23.